The van der Waals surface area contributed by atoms with Crippen molar-refractivity contribution < 1.29 is 43.2 Å². The highest BCUT2D eigenvalue weighted by Crippen LogP contribution is 2.07. The van der Waals surface area contributed by atoms with E-state index < -0.39 is 34.0 Å². The van der Waals surface area contributed by atoms with Gasteiger partial charge in [0.15, 0.2) is 0 Å². The predicted octanol–water partition coefficient (Wildman–Crippen LogP) is -2.12. The molecular formula is C22H43N5O9S. The monoisotopic (exact) mass is 553 g/mol. The summed E-state index contributed by atoms with van der Waals surface area (Å²) in [5, 5.41) is 38.6. The highest BCUT2D eigenvalue weighted by atomic mass is 32.2. The number of aliphatic hydroxyl groups excluding tert-OH is 1. The van der Waals surface area contributed by atoms with Gasteiger partial charge in [-0.25, -0.2) is 8.42 Å². The summed E-state index contributed by atoms with van der Waals surface area (Å²) in [6.07, 6.45) is 1.58. The first-order chi connectivity index (χ1) is 17.3. The molecule has 14 nitrogen and oxygen atoms in total. The van der Waals surface area contributed by atoms with Crippen molar-refractivity contribution in [1.82, 2.24) is 23.9 Å². The molecule has 0 saturated carbocycles. The van der Waals surface area contributed by atoms with Crippen LogP contribution in [0.4, 0.5) is 0 Å². The van der Waals surface area contributed by atoms with Gasteiger partial charge >= 0.3 is 17.9 Å². The van der Waals surface area contributed by atoms with Gasteiger partial charge in [0, 0.05) is 72.0 Å². The zero-order chi connectivity index (χ0) is 28.0. The van der Waals surface area contributed by atoms with Crippen LogP contribution in [-0.2, 0) is 24.4 Å². The molecule has 37 heavy (non-hydrogen) atoms. The van der Waals surface area contributed by atoms with E-state index in [9.17, 15) is 43.2 Å². The maximum absolute atomic E-state index is 12.1. The highest BCUT2D eigenvalue weighted by molar-refractivity contribution is 7.88. The molecule has 0 spiro atoms. The minimum atomic E-state index is -3.50. The van der Waals surface area contributed by atoms with Crippen molar-refractivity contribution in [3.05, 3.63) is 0 Å². The second-order valence-electron chi connectivity index (χ2n) is 9.44. The second kappa shape index (κ2) is 16.9. The molecule has 1 aliphatic heterocycles. The molecule has 1 saturated heterocycles. The van der Waals surface area contributed by atoms with Crippen LogP contribution in [0.25, 0.3) is 0 Å². The molecule has 4 N–H and O–H groups in total. The van der Waals surface area contributed by atoms with E-state index in [1.165, 1.54) is 4.31 Å². The van der Waals surface area contributed by atoms with Crippen molar-refractivity contribution in [3.8, 4) is 0 Å². The van der Waals surface area contributed by atoms with Gasteiger partial charge in [-0.1, -0.05) is 13.3 Å². The molecule has 1 aliphatic rings. The standard InChI is InChI=1S/C22H43N5O9S/c1-3-4-5-27(37(2,35)36)15-19(28)14-23-6-8-24(16-20(29)30)10-12-26(18-22(33)34)13-11-25(9-7-23)17-21(31)32/h19,28H,3-18H2,1-2H3,(H,29,30)(H,31,32)(H,33,34). The van der Waals surface area contributed by atoms with E-state index in [1.807, 2.05) is 11.8 Å². The average molecular weight is 554 g/mol. The number of sulfonamides is 1. The fourth-order valence-corrected chi connectivity index (χ4v) is 5.03. The maximum Gasteiger partial charge on any atom is 0.317 e. The predicted molar refractivity (Wildman–Crippen MR) is 136 cm³/mol. The quantitative estimate of drug-likeness (QED) is 0.183. The lowest BCUT2D eigenvalue weighted by atomic mass is 10.2. The number of rotatable bonds is 14. The number of unbranched alkanes of at least 4 members (excludes halogenated alkanes) is 1. The van der Waals surface area contributed by atoms with E-state index >= 15 is 0 Å². The average Bonchev–Trinajstić information content (AvgIpc) is 2.76. The van der Waals surface area contributed by atoms with Crippen LogP contribution in [0.15, 0.2) is 0 Å². The minimum absolute atomic E-state index is 0.0723. The van der Waals surface area contributed by atoms with Crippen LogP contribution in [0.2, 0.25) is 0 Å². The van der Waals surface area contributed by atoms with Gasteiger partial charge in [0.2, 0.25) is 10.0 Å². The third-order valence-corrected chi connectivity index (χ3v) is 7.39. The smallest absolute Gasteiger partial charge is 0.317 e. The molecule has 0 aromatic carbocycles. The van der Waals surface area contributed by atoms with Gasteiger partial charge in [-0.05, 0) is 6.42 Å². The Hall–Kier alpha value is -1.88. The number of aliphatic hydroxyl groups is 1. The fraction of sp³-hybridized carbons (Fsp3) is 0.864. The van der Waals surface area contributed by atoms with Crippen LogP contribution >= 0.6 is 0 Å². The van der Waals surface area contributed by atoms with E-state index in [1.54, 1.807) is 14.7 Å². The lowest BCUT2D eigenvalue weighted by molar-refractivity contribution is -0.140. The molecule has 1 heterocycles. The number of hydrogen-bond acceptors (Lipinski definition) is 10. The minimum Gasteiger partial charge on any atom is -0.480 e. The number of hydrogen-bond donors (Lipinski definition) is 4. The van der Waals surface area contributed by atoms with Crippen molar-refractivity contribution in [2.45, 2.75) is 25.9 Å². The Morgan fingerprint density at radius 3 is 1.41 bits per heavy atom. The van der Waals surface area contributed by atoms with E-state index in [4.69, 9.17) is 0 Å². The molecule has 0 amide bonds. The van der Waals surface area contributed by atoms with Crippen molar-refractivity contribution in [2.75, 3.05) is 97.9 Å². The van der Waals surface area contributed by atoms with Crippen molar-refractivity contribution >= 4 is 27.9 Å². The Kier molecular flexibility index (Phi) is 15.1. The Morgan fingerprint density at radius 2 is 1.11 bits per heavy atom. The first kappa shape index (κ1) is 33.1. The van der Waals surface area contributed by atoms with Crippen LogP contribution in [0.3, 0.4) is 0 Å². The Bertz CT molecular complexity index is 797. The molecule has 0 aromatic rings. The van der Waals surface area contributed by atoms with Crippen molar-refractivity contribution in [1.29, 1.82) is 0 Å². The van der Waals surface area contributed by atoms with E-state index in [-0.39, 0.29) is 32.7 Å². The Balaban J connectivity index is 3.01. The van der Waals surface area contributed by atoms with Gasteiger partial charge in [-0.3, -0.25) is 34.0 Å². The van der Waals surface area contributed by atoms with Crippen molar-refractivity contribution in [3.63, 3.8) is 0 Å². The van der Waals surface area contributed by atoms with Crippen LogP contribution < -0.4 is 0 Å². The molecular weight excluding hydrogens is 510 g/mol. The van der Waals surface area contributed by atoms with Crippen LogP contribution in [0.5, 0.6) is 0 Å². The second-order valence-corrected chi connectivity index (χ2v) is 11.4. The number of carbonyl (C=O) groups is 3. The maximum atomic E-state index is 12.1. The Labute approximate surface area is 219 Å². The number of carboxylic acids is 3. The molecule has 1 unspecified atom stereocenters. The van der Waals surface area contributed by atoms with Crippen LogP contribution in [0.1, 0.15) is 19.8 Å². The molecule has 1 atom stereocenters. The summed E-state index contributed by atoms with van der Waals surface area (Å²) in [4.78, 5) is 41.0. The van der Waals surface area contributed by atoms with E-state index in [0.29, 0.717) is 65.3 Å². The zero-order valence-corrected chi connectivity index (χ0v) is 22.7. The first-order valence-corrected chi connectivity index (χ1v) is 14.3. The van der Waals surface area contributed by atoms with Gasteiger partial charge in [0.1, 0.15) is 0 Å². The van der Waals surface area contributed by atoms with E-state index in [0.717, 1.165) is 12.7 Å². The summed E-state index contributed by atoms with van der Waals surface area (Å²) in [6, 6.07) is 0. The SMILES string of the molecule is CCCCN(CC(O)CN1CCN(CC(=O)O)CCN(CC(=O)O)CCN(CC(=O)O)CC1)S(C)(=O)=O. The van der Waals surface area contributed by atoms with Crippen LogP contribution in [0, 0.1) is 0 Å². The summed E-state index contributed by atoms with van der Waals surface area (Å²) >= 11 is 0. The Morgan fingerprint density at radius 1 is 0.757 bits per heavy atom. The number of carboxylic acid groups (broad SMARTS) is 3. The summed E-state index contributed by atoms with van der Waals surface area (Å²) < 4.78 is 25.5. The third kappa shape index (κ3) is 15.2. The highest BCUT2D eigenvalue weighted by Gasteiger charge is 2.24. The summed E-state index contributed by atoms with van der Waals surface area (Å²) in [5.41, 5.74) is 0. The van der Waals surface area contributed by atoms with Crippen LogP contribution in [-0.4, -0.2) is 175 Å². The molecule has 0 aliphatic carbocycles. The molecule has 216 valence electrons. The molecule has 0 bridgehead atoms. The van der Waals surface area contributed by atoms with Gasteiger partial charge < -0.3 is 20.4 Å². The molecule has 1 rings (SSSR count). The van der Waals surface area contributed by atoms with E-state index in [2.05, 4.69) is 0 Å². The normalized spacial score (nSPS) is 19.2. The zero-order valence-electron chi connectivity index (χ0n) is 21.9. The molecule has 15 heteroatoms. The topological polar surface area (TPSA) is 182 Å². The molecule has 0 aromatic heterocycles. The first-order valence-electron chi connectivity index (χ1n) is 12.5. The lowest BCUT2D eigenvalue weighted by Crippen LogP contribution is -2.50. The number of β-amino-alcohol motifs (C(OH)–C–C–N with tert-alkyl or cyclic N) is 1. The molecule has 0 radical (unpaired) electrons. The van der Waals surface area contributed by atoms with Gasteiger partial charge in [-0.15, -0.1) is 0 Å². The number of nitrogens with zero attached hydrogens (tertiary/aromatic N) is 5. The van der Waals surface area contributed by atoms with Gasteiger partial charge in [0.25, 0.3) is 0 Å². The molecule has 1 fully saturated rings. The van der Waals surface area contributed by atoms with Crippen molar-refractivity contribution in [2.24, 2.45) is 0 Å². The summed E-state index contributed by atoms with van der Waals surface area (Å²) in [7, 11) is -3.50. The third-order valence-electron chi connectivity index (χ3n) is 6.12. The summed E-state index contributed by atoms with van der Waals surface area (Å²) in [6.45, 7) is 4.15. The fourth-order valence-electron chi connectivity index (χ4n) is 4.13. The lowest BCUT2D eigenvalue weighted by Gasteiger charge is -2.34. The van der Waals surface area contributed by atoms with Gasteiger partial charge in [-0.2, -0.15) is 4.31 Å². The largest absolute Gasteiger partial charge is 0.480 e. The van der Waals surface area contributed by atoms with Gasteiger partial charge in [0.05, 0.1) is 32.0 Å². The summed E-state index contributed by atoms with van der Waals surface area (Å²) in [5.74, 6) is -3.06. The number of aliphatic carboxylic acids is 3.